The standard InChI is InChI=1S/C16H21NO3/c1-5-16(6-2)10-17(12(4)19)14-9-13(11(3)18)7-8-15(14)20-16/h7-9H,5-6,10H2,1-4H3. The van der Waals surface area contributed by atoms with Crippen molar-refractivity contribution in [3.8, 4) is 5.75 Å². The highest BCUT2D eigenvalue weighted by Crippen LogP contribution is 2.40. The van der Waals surface area contributed by atoms with Gasteiger partial charge in [0.25, 0.3) is 0 Å². The summed E-state index contributed by atoms with van der Waals surface area (Å²) in [5, 5.41) is 0. The molecule has 0 saturated carbocycles. The van der Waals surface area contributed by atoms with Crippen LogP contribution in [0.4, 0.5) is 5.69 Å². The van der Waals surface area contributed by atoms with E-state index in [1.165, 1.54) is 6.92 Å². The number of amides is 1. The maximum Gasteiger partial charge on any atom is 0.224 e. The van der Waals surface area contributed by atoms with Gasteiger partial charge in [0.05, 0.1) is 12.2 Å². The van der Waals surface area contributed by atoms with Crippen LogP contribution in [-0.4, -0.2) is 23.8 Å². The van der Waals surface area contributed by atoms with Gasteiger partial charge in [-0.25, -0.2) is 0 Å². The van der Waals surface area contributed by atoms with Gasteiger partial charge in [-0.3, -0.25) is 9.59 Å². The van der Waals surface area contributed by atoms with Crippen LogP contribution in [-0.2, 0) is 4.79 Å². The fraction of sp³-hybridized carbons (Fsp3) is 0.500. The molecule has 0 unspecified atom stereocenters. The summed E-state index contributed by atoms with van der Waals surface area (Å²) in [6.07, 6.45) is 1.67. The van der Waals surface area contributed by atoms with Crippen molar-refractivity contribution in [1.82, 2.24) is 0 Å². The predicted octanol–water partition coefficient (Wildman–Crippen LogP) is 3.19. The largest absolute Gasteiger partial charge is 0.483 e. The average Bonchev–Trinajstić information content (AvgIpc) is 2.45. The Morgan fingerprint density at radius 3 is 2.40 bits per heavy atom. The van der Waals surface area contributed by atoms with Gasteiger partial charge in [0.2, 0.25) is 5.91 Å². The maximum atomic E-state index is 11.9. The Hall–Kier alpha value is -1.84. The van der Waals surface area contributed by atoms with Crippen molar-refractivity contribution < 1.29 is 14.3 Å². The molecule has 0 saturated heterocycles. The summed E-state index contributed by atoms with van der Waals surface area (Å²) >= 11 is 0. The van der Waals surface area contributed by atoms with E-state index >= 15 is 0 Å². The molecule has 4 nitrogen and oxygen atoms in total. The number of anilines is 1. The normalized spacial score (nSPS) is 16.3. The number of rotatable bonds is 3. The SMILES string of the molecule is CCC1(CC)CN(C(C)=O)c2cc(C(C)=O)ccc2O1. The minimum absolute atomic E-state index is 0.0147. The van der Waals surface area contributed by atoms with Crippen LogP contribution in [0.2, 0.25) is 0 Å². The Morgan fingerprint density at radius 1 is 1.25 bits per heavy atom. The summed E-state index contributed by atoms with van der Waals surface area (Å²) in [5.41, 5.74) is 0.956. The number of hydrogen-bond acceptors (Lipinski definition) is 3. The molecule has 1 aromatic rings. The molecule has 20 heavy (non-hydrogen) atoms. The van der Waals surface area contributed by atoms with Gasteiger partial charge in [-0.2, -0.15) is 0 Å². The van der Waals surface area contributed by atoms with E-state index in [1.807, 2.05) is 0 Å². The number of ether oxygens (including phenoxy) is 1. The summed E-state index contributed by atoms with van der Waals surface area (Å²) in [4.78, 5) is 25.2. The lowest BCUT2D eigenvalue weighted by atomic mass is 9.93. The maximum absolute atomic E-state index is 11.9. The van der Waals surface area contributed by atoms with E-state index in [4.69, 9.17) is 4.74 Å². The minimum atomic E-state index is -0.337. The quantitative estimate of drug-likeness (QED) is 0.796. The molecule has 0 spiro atoms. The number of hydrogen-bond donors (Lipinski definition) is 0. The summed E-state index contributed by atoms with van der Waals surface area (Å²) in [6.45, 7) is 7.73. The highest BCUT2D eigenvalue weighted by molar-refractivity contribution is 5.99. The molecule has 0 N–H and O–H groups in total. The summed E-state index contributed by atoms with van der Waals surface area (Å²) in [6, 6.07) is 5.29. The average molecular weight is 275 g/mol. The number of carbonyl (C=O) groups excluding carboxylic acids is 2. The first-order valence-electron chi connectivity index (χ1n) is 7.04. The van der Waals surface area contributed by atoms with Crippen molar-refractivity contribution in [2.45, 2.75) is 46.1 Å². The zero-order valence-corrected chi connectivity index (χ0v) is 12.5. The number of benzene rings is 1. The van der Waals surface area contributed by atoms with Gasteiger partial charge >= 0.3 is 0 Å². The monoisotopic (exact) mass is 275 g/mol. The molecule has 1 aromatic carbocycles. The first-order valence-corrected chi connectivity index (χ1v) is 7.04. The summed E-state index contributed by atoms with van der Waals surface area (Å²) in [7, 11) is 0. The summed E-state index contributed by atoms with van der Waals surface area (Å²) < 4.78 is 6.13. The van der Waals surface area contributed by atoms with E-state index in [1.54, 1.807) is 30.0 Å². The number of fused-ring (bicyclic) bond motifs is 1. The molecule has 0 bridgehead atoms. The lowest BCUT2D eigenvalue weighted by Gasteiger charge is -2.43. The first kappa shape index (κ1) is 14.6. The van der Waals surface area contributed by atoms with E-state index < -0.39 is 0 Å². The Kier molecular flexibility index (Phi) is 3.84. The Bertz CT molecular complexity index is 547. The summed E-state index contributed by atoms with van der Waals surface area (Å²) in [5.74, 6) is 0.640. The van der Waals surface area contributed by atoms with Crippen LogP contribution in [0.1, 0.15) is 50.9 Å². The van der Waals surface area contributed by atoms with Gasteiger partial charge in [0, 0.05) is 12.5 Å². The molecular formula is C16H21NO3. The molecule has 1 amide bonds. The van der Waals surface area contributed by atoms with Gasteiger partial charge in [0.1, 0.15) is 11.4 Å². The molecule has 1 heterocycles. The second kappa shape index (κ2) is 5.27. The third-order valence-corrected chi connectivity index (χ3v) is 4.10. The zero-order chi connectivity index (χ0) is 14.9. The molecule has 1 aliphatic rings. The molecular weight excluding hydrogens is 254 g/mol. The lowest BCUT2D eigenvalue weighted by Crippen LogP contribution is -2.51. The van der Waals surface area contributed by atoms with Crippen molar-refractivity contribution in [3.63, 3.8) is 0 Å². The Labute approximate surface area is 119 Å². The van der Waals surface area contributed by atoms with Gasteiger partial charge in [0.15, 0.2) is 5.78 Å². The van der Waals surface area contributed by atoms with Crippen molar-refractivity contribution in [3.05, 3.63) is 23.8 Å². The van der Waals surface area contributed by atoms with Crippen LogP contribution >= 0.6 is 0 Å². The van der Waals surface area contributed by atoms with E-state index in [-0.39, 0.29) is 17.3 Å². The van der Waals surface area contributed by atoms with E-state index in [0.29, 0.717) is 23.5 Å². The van der Waals surface area contributed by atoms with Gasteiger partial charge in [-0.1, -0.05) is 13.8 Å². The second-order valence-corrected chi connectivity index (χ2v) is 5.34. The smallest absolute Gasteiger partial charge is 0.224 e. The van der Waals surface area contributed by atoms with Gasteiger partial charge in [-0.05, 0) is 38.0 Å². The highest BCUT2D eigenvalue weighted by Gasteiger charge is 2.38. The molecule has 108 valence electrons. The molecule has 1 aliphatic heterocycles. The van der Waals surface area contributed by atoms with E-state index in [2.05, 4.69) is 13.8 Å². The third-order valence-electron chi connectivity index (χ3n) is 4.10. The van der Waals surface area contributed by atoms with Crippen molar-refractivity contribution in [2.75, 3.05) is 11.4 Å². The van der Waals surface area contributed by atoms with Crippen LogP contribution in [0, 0.1) is 0 Å². The molecule has 0 fully saturated rings. The van der Waals surface area contributed by atoms with Crippen LogP contribution in [0.15, 0.2) is 18.2 Å². The second-order valence-electron chi connectivity index (χ2n) is 5.34. The van der Waals surface area contributed by atoms with Crippen LogP contribution in [0.5, 0.6) is 5.75 Å². The lowest BCUT2D eigenvalue weighted by molar-refractivity contribution is -0.117. The Morgan fingerprint density at radius 2 is 1.90 bits per heavy atom. The number of Topliss-reactive ketones (excluding diaryl/α,β-unsaturated/α-hetero) is 1. The van der Waals surface area contributed by atoms with Crippen LogP contribution in [0.3, 0.4) is 0 Å². The van der Waals surface area contributed by atoms with Crippen molar-refractivity contribution >= 4 is 17.4 Å². The predicted molar refractivity (Wildman–Crippen MR) is 78.4 cm³/mol. The third kappa shape index (κ3) is 2.42. The van der Waals surface area contributed by atoms with E-state index in [9.17, 15) is 9.59 Å². The number of carbonyl (C=O) groups is 2. The molecule has 2 rings (SSSR count). The molecule has 4 heteroatoms. The van der Waals surface area contributed by atoms with Crippen LogP contribution in [0.25, 0.3) is 0 Å². The molecule has 0 aliphatic carbocycles. The highest BCUT2D eigenvalue weighted by atomic mass is 16.5. The number of ketones is 1. The van der Waals surface area contributed by atoms with Gasteiger partial charge < -0.3 is 9.64 Å². The fourth-order valence-electron chi connectivity index (χ4n) is 2.57. The fourth-order valence-corrected chi connectivity index (χ4v) is 2.57. The molecule has 0 aromatic heterocycles. The molecule has 0 radical (unpaired) electrons. The van der Waals surface area contributed by atoms with Crippen molar-refractivity contribution in [2.24, 2.45) is 0 Å². The van der Waals surface area contributed by atoms with Crippen molar-refractivity contribution in [1.29, 1.82) is 0 Å². The topological polar surface area (TPSA) is 46.6 Å². The zero-order valence-electron chi connectivity index (χ0n) is 12.5. The number of nitrogens with zero attached hydrogens (tertiary/aromatic N) is 1. The minimum Gasteiger partial charge on any atom is -0.483 e. The van der Waals surface area contributed by atoms with Gasteiger partial charge in [-0.15, -0.1) is 0 Å². The van der Waals surface area contributed by atoms with E-state index in [0.717, 1.165) is 12.8 Å². The van der Waals surface area contributed by atoms with Crippen LogP contribution < -0.4 is 9.64 Å². The molecule has 0 atom stereocenters. The Balaban J connectivity index is 2.52. The first-order chi connectivity index (χ1) is 9.42.